The van der Waals surface area contributed by atoms with Crippen molar-refractivity contribution in [3.8, 4) is 0 Å². The van der Waals surface area contributed by atoms with E-state index in [1.807, 2.05) is 28.8 Å². The number of nitrogens with one attached hydrogen (secondary N) is 2. The van der Waals surface area contributed by atoms with Gasteiger partial charge < -0.3 is 20.1 Å². The van der Waals surface area contributed by atoms with Crippen LogP contribution in [0.2, 0.25) is 0 Å². The first-order valence-corrected chi connectivity index (χ1v) is 9.73. The number of pyridine rings is 1. The molecule has 0 amide bonds. The topological polar surface area (TPSA) is 85.1 Å². The number of hydrogen-bond acceptors (Lipinski definition) is 5. The van der Waals surface area contributed by atoms with E-state index in [-0.39, 0.29) is 24.0 Å². The lowest BCUT2D eigenvalue weighted by atomic mass is 10.3. The zero-order valence-corrected chi connectivity index (χ0v) is 19.2. The van der Waals surface area contributed by atoms with E-state index < -0.39 is 0 Å². The van der Waals surface area contributed by atoms with Gasteiger partial charge in [-0.15, -0.1) is 34.2 Å². The fraction of sp³-hybridized carbons (Fsp3) is 0.632. The molecule has 0 saturated carbocycles. The van der Waals surface area contributed by atoms with E-state index in [0.717, 1.165) is 56.3 Å². The molecule has 8 nitrogen and oxygen atoms in total. The summed E-state index contributed by atoms with van der Waals surface area (Å²) in [5.41, 5.74) is 0.883. The van der Waals surface area contributed by atoms with E-state index in [9.17, 15) is 0 Å². The number of rotatable bonds is 13. The highest BCUT2D eigenvalue weighted by Crippen LogP contribution is 2.04. The number of aryl methyl sites for hydroxylation is 1. The number of nitrogens with zero attached hydrogens (tertiary/aromatic N) is 4. The van der Waals surface area contributed by atoms with Gasteiger partial charge in [-0.25, -0.2) is 0 Å². The van der Waals surface area contributed by atoms with E-state index in [1.54, 1.807) is 7.05 Å². The van der Waals surface area contributed by atoms with Crippen LogP contribution in [-0.4, -0.2) is 67.1 Å². The first-order valence-electron chi connectivity index (χ1n) is 9.73. The largest absolute Gasteiger partial charge is 0.379 e. The molecule has 0 saturated heterocycles. The highest BCUT2D eigenvalue weighted by atomic mass is 127. The lowest BCUT2D eigenvalue weighted by Crippen LogP contribution is -2.39. The molecule has 158 valence electrons. The average Bonchev–Trinajstić information content (AvgIpc) is 3.11. The van der Waals surface area contributed by atoms with Crippen LogP contribution in [0.25, 0.3) is 5.65 Å². The minimum atomic E-state index is 0. The molecule has 0 fully saturated rings. The zero-order valence-electron chi connectivity index (χ0n) is 16.9. The van der Waals surface area contributed by atoms with E-state index in [1.165, 1.54) is 0 Å². The lowest BCUT2D eigenvalue weighted by molar-refractivity contribution is 0.0487. The number of fused-ring (bicyclic) bond motifs is 1. The van der Waals surface area contributed by atoms with Crippen LogP contribution in [0.1, 0.15) is 32.0 Å². The molecular formula is C19H33IN6O2. The van der Waals surface area contributed by atoms with E-state index in [0.29, 0.717) is 26.4 Å². The Morgan fingerprint density at radius 3 is 2.61 bits per heavy atom. The molecule has 2 aromatic rings. The van der Waals surface area contributed by atoms with Crippen LogP contribution in [0.15, 0.2) is 29.4 Å². The first-order chi connectivity index (χ1) is 13.3. The number of hydrogen-bond donors (Lipinski definition) is 2. The van der Waals surface area contributed by atoms with Gasteiger partial charge in [0.1, 0.15) is 5.82 Å². The summed E-state index contributed by atoms with van der Waals surface area (Å²) in [6.45, 7) is 6.41. The SMILES string of the molecule is CCCCOCCOCCNC(=NC)NCCCc1nnc2ccccn12.I. The van der Waals surface area contributed by atoms with Crippen LogP contribution in [0.3, 0.4) is 0 Å². The maximum atomic E-state index is 5.54. The second kappa shape index (κ2) is 15.5. The van der Waals surface area contributed by atoms with Gasteiger partial charge in [-0.2, -0.15) is 0 Å². The summed E-state index contributed by atoms with van der Waals surface area (Å²) < 4.78 is 13.0. The highest BCUT2D eigenvalue weighted by molar-refractivity contribution is 14.0. The summed E-state index contributed by atoms with van der Waals surface area (Å²) in [5, 5.41) is 15.0. The third-order valence-electron chi connectivity index (χ3n) is 4.03. The van der Waals surface area contributed by atoms with E-state index in [4.69, 9.17) is 9.47 Å². The maximum absolute atomic E-state index is 5.54. The fourth-order valence-electron chi connectivity index (χ4n) is 2.55. The summed E-state index contributed by atoms with van der Waals surface area (Å²) in [6, 6.07) is 5.91. The Morgan fingerprint density at radius 1 is 1.04 bits per heavy atom. The molecule has 0 bridgehead atoms. The van der Waals surface area contributed by atoms with Crippen molar-refractivity contribution in [1.82, 2.24) is 25.2 Å². The second-order valence-electron chi connectivity index (χ2n) is 6.15. The van der Waals surface area contributed by atoms with Crippen molar-refractivity contribution < 1.29 is 9.47 Å². The smallest absolute Gasteiger partial charge is 0.191 e. The van der Waals surface area contributed by atoms with Crippen molar-refractivity contribution >= 4 is 35.6 Å². The van der Waals surface area contributed by atoms with Gasteiger partial charge in [-0.05, 0) is 25.0 Å². The van der Waals surface area contributed by atoms with Gasteiger partial charge in [0, 0.05) is 39.4 Å². The van der Waals surface area contributed by atoms with Gasteiger partial charge in [0.05, 0.1) is 19.8 Å². The van der Waals surface area contributed by atoms with Gasteiger partial charge in [0.25, 0.3) is 0 Å². The quantitative estimate of drug-likeness (QED) is 0.189. The summed E-state index contributed by atoms with van der Waals surface area (Å²) in [7, 11) is 1.77. The molecule has 2 rings (SSSR count). The number of ether oxygens (including phenoxy) is 2. The Balaban J connectivity index is 0.00000392. The van der Waals surface area contributed by atoms with Crippen molar-refractivity contribution in [3.05, 3.63) is 30.2 Å². The fourth-order valence-corrected chi connectivity index (χ4v) is 2.55. The number of guanidine groups is 1. The third-order valence-corrected chi connectivity index (χ3v) is 4.03. The molecule has 0 aliphatic heterocycles. The van der Waals surface area contributed by atoms with Crippen molar-refractivity contribution in [2.75, 3.05) is 46.6 Å². The Morgan fingerprint density at radius 2 is 1.82 bits per heavy atom. The van der Waals surface area contributed by atoms with Crippen LogP contribution in [-0.2, 0) is 15.9 Å². The number of aromatic nitrogens is 3. The lowest BCUT2D eigenvalue weighted by Gasteiger charge is -2.12. The maximum Gasteiger partial charge on any atom is 0.191 e. The van der Waals surface area contributed by atoms with Crippen molar-refractivity contribution in [2.45, 2.75) is 32.6 Å². The molecule has 0 aliphatic carbocycles. The van der Waals surface area contributed by atoms with Gasteiger partial charge in [-0.1, -0.05) is 19.4 Å². The minimum Gasteiger partial charge on any atom is -0.379 e. The number of halogens is 1. The normalized spacial score (nSPS) is 11.4. The molecule has 0 radical (unpaired) electrons. The Labute approximate surface area is 184 Å². The van der Waals surface area contributed by atoms with Gasteiger partial charge in [0.15, 0.2) is 11.6 Å². The van der Waals surface area contributed by atoms with Crippen molar-refractivity contribution in [2.24, 2.45) is 4.99 Å². The predicted molar refractivity (Wildman–Crippen MR) is 123 cm³/mol. The Bertz CT molecular complexity index is 679. The third kappa shape index (κ3) is 9.16. The molecule has 9 heteroatoms. The van der Waals surface area contributed by atoms with Gasteiger partial charge >= 0.3 is 0 Å². The molecule has 0 aliphatic rings. The van der Waals surface area contributed by atoms with Crippen molar-refractivity contribution in [3.63, 3.8) is 0 Å². The molecule has 2 N–H and O–H groups in total. The summed E-state index contributed by atoms with van der Waals surface area (Å²) in [5.74, 6) is 1.76. The van der Waals surface area contributed by atoms with Gasteiger partial charge in [0.2, 0.25) is 0 Å². The van der Waals surface area contributed by atoms with Crippen molar-refractivity contribution in [1.29, 1.82) is 0 Å². The first kappa shape index (κ1) is 24.6. The molecule has 0 unspecified atom stereocenters. The second-order valence-corrected chi connectivity index (χ2v) is 6.15. The molecule has 0 spiro atoms. The molecule has 28 heavy (non-hydrogen) atoms. The molecule has 2 heterocycles. The molecular weight excluding hydrogens is 471 g/mol. The van der Waals surface area contributed by atoms with Crippen LogP contribution >= 0.6 is 24.0 Å². The predicted octanol–water partition coefficient (Wildman–Crippen LogP) is 2.28. The molecule has 2 aromatic heterocycles. The molecule has 0 atom stereocenters. The van der Waals surface area contributed by atoms with Gasteiger partial charge in [-0.3, -0.25) is 9.39 Å². The van der Waals surface area contributed by atoms with Crippen LogP contribution < -0.4 is 10.6 Å². The van der Waals surface area contributed by atoms with Crippen LogP contribution in [0.4, 0.5) is 0 Å². The average molecular weight is 504 g/mol. The van der Waals surface area contributed by atoms with E-state index >= 15 is 0 Å². The standard InChI is InChI=1S/C19H32N6O2.HI/c1-3-4-13-26-15-16-27-14-11-22-19(20-2)21-10-7-9-18-24-23-17-8-5-6-12-25(17)18;/h5-6,8,12H,3-4,7,9-11,13-16H2,1-2H3,(H2,20,21,22);1H. The summed E-state index contributed by atoms with van der Waals surface area (Å²) in [6.07, 6.45) is 6.06. The number of unbranched alkanes of at least 4 members (excludes halogenated alkanes) is 1. The Kier molecular flexibility index (Phi) is 13.6. The summed E-state index contributed by atoms with van der Waals surface area (Å²) >= 11 is 0. The highest BCUT2D eigenvalue weighted by Gasteiger charge is 2.04. The monoisotopic (exact) mass is 504 g/mol. The van der Waals surface area contributed by atoms with E-state index in [2.05, 4.69) is 32.7 Å². The molecule has 0 aromatic carbocycles. The van der Waals surface area contributed by atoms with Crippen LogP contribution in [0.5, 0.6) is 0 Å². The zero-order chi connectivity index (χ0) is 19.2. The summed E-state index contributed by atoms with van der Waals surface area (Å²) in [4.78, 5) is 4.22. The minimum absolute atomic E-state index is 0. The number of aliphatic imine (C=N–C) groups is 1. The van der Waals surface area contributed by atoms with Crippen LogP contribution in [0, 0.1) is 0 Å². The Hall–Kier alpha value is -1.46.